The van der Waals surface area contributed by atoms with E-state index in [1.54, 1.807) is 26.0 Å². The molecule has 2 N–H and O–H groups in total. The second-order valence-electron chi connectivity index (χ2n) is 14.9. The van der Waals surface area contributed by atoms with Gasteiger partial charge in [0.15, 0.2) is 23.0 Å². The second-order valence-corrected chi connectivity index (χ2v) is 14.9. The first kappa shape index (κ1) is 34.6. The lowest BCUT2D eigenvalue weighted by Crippen LogP contribution is -2.61. The molecular weight excluding hydrogens is 636 g/mol. The Morgan fingerprint density at radius 3 is 2.16 bits per heavy atom. The van der Waals surface area contributed by atoms with Crippen LogP contribution < -0.4 is 29.0 Å². The van der Waals surface area contributed by atoms with Crippen molar-refractivity contribution < 1.29 is 52.7 Å². The fraction of sp³-hybridized carbons (Fsp3) is 0.583. The molecule has 3 heterocycles. The fourth-order valence-corrected chi connectivity index (χ4v) is 7.92. The minimum absolute atomic E-state index is 0.0330. The van der Waals surface area contributed by atoms with E-state index in [4.69, 9.17) is 33.2 Å². The number of cyclic esters (lactones) is 1. The maximum atomic E-state index is 13.7. The molecule has 0 bridgehead atoms. The van der Waals surface area contributed by atoms with E-state index < -0.39 is 47.1 Å². The van der Waals surface area contributed by atoms with Gasteiger partial charge in [0.05, 0.1) is 26.7 Å². The quantitative estimate of drug-likeness (QED) is 0.286. The van der Waals surface area contributed by atoms with Crippen molar-refractivity contribution in [2.75, 3.05) is 27.6 Å². The van der Waals surface area contributed by atoms with Crippen LogP contribution in [0.15, 0.2) is 24.3 Å². The Labute approximate surface area is 286 Å². The van der Waals surface area contributed by atoms with E-state index in [1.165, 1.54) is 19.3 Å². The number of methoxy groups -OCH3 is 2. The van der Waals surface area contributed by atoms with Gasteiger partial charge in [0, 0.05) is 35.8 Å². The number of benzene rings is 2. The standard InChI is InChI=1S/C36H46N2O11/c1-18(2)30(37-34(41)48-22-14-35(3,4)38(42)36(5,6)15-22)33(40)49-31-26(43-7)11-20(12-27(31)44-8)28-23-13-25-24(46-17-47-25)10-19(23)9-21-16-45-32(39)29(21)28/h10-13,18,21-22,28-30,42H,9,14-17H2,1-8H3,(H,37,41)/t21-,28+,29-,30-/m0/s1. The first-order valence-corrected chi connectivity index (χ1v) is 16.7. The zero-order chi connectivity index (χ0) is 35.4. The van der Waals surface area contributed by atoms with Gasteiger partial charge in [-0.05, 0) is 81.0 Å². The number of carbonyl (C=O) groups excluding carboxylic acids is 3. The summed E-state index contributed by atoms with van der Waals surface area (Å²) in [6.07, 6.45) is 0.234. The van der Waals surface area contributed by atoms with Gasteiger partial charge >= 0.3 is 18.0 Å². The number of piperidine rings is 1. The monoisotopic (exact) mass is 682 g/mol. The van der Waals surface area contributed by atoms with E-state index in [2.05, 4.69) is 5.32 Å². The van der Waals surface area contributed by atoms with Crippen molar-refractivity contribution in [2.45, 2.75) is 89.9 Å². The van der Waals surface area contributed by atoms with Crippen molar-refractivity contribution in [3.8, 4) is 28.7 Å². The molecule has 4 atom stereocenters. The van der Waals surface area contributed by atoms with Gasteiger partial charge in [-0.25, -0.2) is 9.59 Å². The molecule has 1 amide bonds. The summed E-state index contributed by atoms with van der Waals surface area (Å²) in [5.74, 6) is -0.551. The Morgan fingerprint density at radius 1 is 0.959 bits per heavy atom. The van der Waals surface area contributed by atoms with Crippen LogP contribution in [-0.2, 0) is 25.5 Å². The zero-order valence-corrected chi connectivity index (χ0v) is 29.3. The molecule has 2 aromatic rings. The highest BCUT2D eigenvalue weighted by Crippen LogP contribution is 2.52. The van der Waals surface area contributed by atoms with Crippen LogP contribution in [0.5, 0.6) is 28.7 Å². The molecule has 2 aromatic carbocycles. The van der Waals surface area contributed by atoms with Crippen LogP contribution in [0.2, 0.25) is 0 Å². The van der Waals surface area contributed by atoms with Gasteiger partial charge in [0.1, 0.15) is 12.1 Å². The third-order valence-electron chi connectivity index (χ3n) is 10.1. The molecule has 3 aliphatic heterocycles. The predicted octanol–water partition coefficient (Wildman–Crippen LogP) is 4.98. The van der Waals surface area contributed by atoms with Gasteiger partial charge in [0.2, 0.25) is 12.5 Å². The molecule has 0 unspecified atom stereocenters. The lowest BCUT2D eigenvalue weighted by atomic mass is 9.67. The summed E-state index contributed by atoms with van der Waals surface area (Å²) in [5, 5.41) is 14.6. The first-order chi connectivity index (χ1) is 23.1. The SMILES string of the molecule is COc1cc([C@@H]2c3cc4c(cc3C[C@H]3COC(=O)[C@@H]32)OCO4)cc(OC)c1OC(=O)[C@@H](NC(=O)OC1CC(C)(C)N(O)C(C)(C)C1)C(C)C. The number of hydrogen-bond donors (Lipinski definition) is 2. The van der Waals surface area contributed by atoms with Gasteiger partial charge in [-0.1, -0.05) is 13.8 Å². The molecule has 13 heteroatoms. The van der Waals surface area contributed by atoms with Crippen molar-refractivity contribution in [2.24, 2.45) is 17.8 Å². The van der Waals surface area contributed by atoms with Crippen LogP contribution in [0.25, 0.3) is 0 Å². The summed E-state index contributed by atoms with van der Waals surface area (Å²) in [5.41, 5.74) is 1.42. The summed E-state index contributed by atoms with van der Waals surface area (Å²) in [6, 6.07) is 6.30. The number of alkyl carbamates (subject to hydrolysis) is 1. The average molecular weight is 683 g/mol. The number of amides is 1. The third kappa shape index (κ3) is 6.45. The molecule has 4 aliphatic rings. The van der Waals surface area contributed by atoms with Gasteiger partial charge < -0.3 is 43.7 Å². The van der Waals surface area contributed by atoms with Crippen LogP contribution in [0.4, 0.5) is 4.79 Å². The molecule has 13 nitrogen and oxygen atoms in total. The first-order valence-electron chi connectivity index (χ1n) is 16.7. The van der Waals surface area contributed by atoms with E-state index >= 15 is 0 Å². The lowest BCUT2D eigenvalue weighted by molar-refractivity contribution is -0.256. The maximum Gasteiger partial charge on any atom is 0.408 e. The molecule has 49 heavy (non-hydrogen) atoms. The Kier molecular flexibility index (Phi) is 9.12. The number of fused-ring (bicyclic) bond motifs is 3. The van der Waals surface area contributed by atoms with E-state index in [0.29, 0.717) is 42.9 Å². The van der Waals surface area contributed by atoms with E-state index in [9.17, 15) is 19.6 Å². The number of nitrogens with one attached hydrogen (secondary N) is 1. The van der Waals surface area contributed by atoms with E-state index in [-0.39, 0.29) is 41.8 Å². The molecule has 1 aliphatic carbocycles. The average Bonchev–Trinajstić information content (AvgIpc) is 3.65. The topological polar surface area (TPSA) is 151 Å². The van der Waals surface area contributed by atoms with Gasteiger partial charge in [-0.15, -0.1) is 0 Å². The Balaban J connectivity index is 1.25. The highest BCUT2D eigenvalue weighted by atomic mass is 16.7. The Morgan fingerprint density at radius 2 is 1.57 bits per heavy atom. The summed E-state index contributed by atoms with van der Waals surface area (Å²) in [6.45, 7) is 11.5. The normalized spacial score (nSPS) is 24.4. The largest absolute Gasteiger partial charge is 0.493 e. The van der Waals surface area contributed by atoms with Crippen molar-refractivity contribution >= 4 is 18.0 Å². The summed E-state index contributed by atoms with van der Waals surface area (Å²) < 4.78 is 40.0. The van der Waals surface area contributed by atoms with Crippen molar-refractivity contribution in [1.82, 2.24) is 10.4 Å². The highest BCUT2D eigenvalue weighted by Gasteiger charge is 2.49. The molecule has 0 saturated carbocycles. The number of rotatable bonds is 8. The van der Waals surface area contributed by atoms with Crippen LogP contribution >= 0.6 is 0 Å². The van der Waals surface area contributed by atoms with Crippen LogP contribution in [-0.4, -0.2) is 79.1 Å². The number of hydrogen-bond acceptors (Lipinski definition) is 12. The van der Waals surface area contributed by atoms with Gasteiger partial charge in [-0.3, -0.25) is 4.79 Å². The van der Waals surface area contributed by atoms with Crippen LogP contribution in [0.3, 0.4) is 0 Å². The molecular formula is C36H46N2O11. The number of esters is 2. The molecule has 6 rings (SSSR count). The van der Waals surface area contributed by atoms with Crippen LogP contribution in [0.1, 0.15) is 77.0 Å². The maximum absolute atomic E-state index is 13.7. The van der Waals surface area contributed by atoms with Gasteiger partial charge in [0.25, 0.3) is 0 Å². The fourth-order valence-electron chi connectivity index (χ4n) is 7.92. The van der Waals surface area contributed by atoms with Crippen LogP contribution in [0, 0.1) is 17.8 Å². The minimum Gasteiger partial charge on any atom is -0.493 e. The summed E-state index contributed by atoms with van der Waals surface area (Å²) in [7, 11) is 2.90. The summed E-state index contributed by atoms with van der Waals surface area (Å²) >= 11 is 0. The second kappa shape index (κ2) is 12.9. The zero-order valence-electron chi connectivity index (χ0n) is 29.3. The molecule has 266 valence electrons. The van der Waals surface area contributed by atoms with Crippen molar-refractivity contribution in [1.29, 1.82) is 0 Å². The van der Waals surface area contributed by atoms with E-state index in [1.807, 2.05) is 39.8 Å². The lowest BCUT2D eigenvalue weighted by Gasteiger charge is -2.50. The molecule has 2 saturated heterocycles. The minimum atomic E-state index is -1.07. The molecule has 0 radical (unpaired) electrons. The molecule has 0 spiro atoms. The van der Waals surface area contributed by atoms with Gasteiger partial charge in [-0.2, -0.15) is 5.06 Å². The van der Waals surface area contributed by atoms with Crippen molar-refractivity contribution in [3.05, 3.63) is 41.0 Å². The Hall–Kier alpha value is -4.23. The smallest absolute Gasteiger partial charge is 0.408 e. The van der Waals surface area contributed by atoms with E-state index in [0.717, 1.165) is 11.1 Å². The predicted molar refractivity (Wildman–Crippen MR) is 174 cm³/mol. The molecule has 2 fully saturated rings. The summed E-state index contributed by atoms with van der Waals surface area (Å²) in [4.78, 5) is 39.9. The number of ether oxygens (including phenoxy) is 7. The third-order valence-corrected chi connectivity index (χ3v) is 10.1. The number of hydroxylamine groups is 2. The van der Waals surface area contributed by atoms with Crippen molar-refractivity contribution in [3.63, 3.8) is 0 Å². The number of carbonyl (C=O) groups is 3. The number of nitrogens with zero attached hydrogens (tertiary/aromatic N) is 1. The molecule has 0 aromatic heterocycles. The highest BCUT2D eigenvalue weighted by molar-refractivity contribution is 5.84. The Bertz CT molecular complexity index is 1590.